The number of hydrogen-bond acceptors (Lipinski definition) is 5. The van der Waals surface area contributed by atoms with Crippen molar-refractivity contribution in [1.82, 2.24) is 10.6 Å². The first kappa shape index (κ1) is 25.3. The Balaban J connectivity index is 0.00000341. The third-order valence-electron chi connectivity index (χ3n) is 4.81. The van der Waals surface area contributed by atoms with Gasteiger partial charge in [0, 0.05) is 37.7 Å². The van der Waals surface area contributed by atoms with E-state index in [0.717, 1.165) is 29.0 Å². The molecule has 0 amide bonds. The van der Waals surface area contributed by atoms with Gasteiger partial charge in [0.15, 0.2) is 15.8 Å². The van der Waals surface area contributed by atoms with Gasteiger partial charge < -0.3 is 20.1 Å². The van der Waals surface area contributed by atoms with Gasteiger partial charge in [-0.1, -0.05) is 18.2 Å². The van der Waals surface area contributed by atoms with Crippen LogP contribution in [0.3, 0.4) is 0 Å². The van der Waals surface area contributed by atoms with Crippen molar-refractivity contribution >= 4 is 39.8 Å². The van der Waals surface area contributed by atoms with Crippen LogP contribution >= 0.6 is 24.0 Å². The van der Waals surface area contributed by atoms with E-state index in [1.165, 1.54) is 0 Å². The third kappa shape index (κ3) is 6.73. The zero-order valence-electron chi connectivity index (χ0n) is 18.1. The van der Waals surface area contributed by atoms with Crippen molar-refractivity contribution in [3.63, 3.8) is 0 Å². The Hall–Kier alpha value is -2.01. The molecule has 0 radical (unpaired) electrons. The van der Waals surface area contributed by atoms with Gasteiger partial charge in [-0.15, -0.1) is 24.0 Å². The number of halogens is 1. The van der Waals surface area contributed by atoms with Crippen LogP contribution in [0, 0.1) is 0 Å². The molecule has 1 aliphatic rings. The van der Waals surface area contributed by atoms with Crippen molar-refractivity contribution in [3.8, 4) is 11.5 Å². The highest BCUT2D eigenvalue weighted by Gasteiger charge is 2.22. The molecule has 1 unspecified atom stereocenters. The number of hydrogen-bond donors (Lipinski definition) is 2. The summed E-state index contributed by atoms with van der Waals surface area (Å²) in [6, 6.07) is 12.5. The molecular weight excluding hydrogens is 529 g/mol. The van der Waals surface area contributed by atoms with Gasteiger partial charge >= 0.3 is 0 Å². The Bertz CT molecular complexity index is 997. The predicted octanol–water partition coefficient (Wildman–Crippen LogP) is 3.17. The minimum Gasteiger partial charge on any atom is -0.494 e. The molecule has 2 aromatic carbocycles. The minimum atomic E-state index is -3.34. The van der Waals surface area contributed by atoms with Crippen LogP contribution in [-0.2, 0) is 22.8 Å². The molecule has 2 aromatic rings. The molecule has 0 fully saturated rings. The number of rotatable bonds is 8. The van der Waals surface area contributed by atoms with Gasteiger partial charge in [0.05, 0.1) is 17.3 Å². The van der Waals surface area contributed by atoms with E-state index in [2.05, 4.69) is 15.6 Å². The van der Waals surface area contributed by atoms with E-state index < -0.39 is 9.84 Å². The first-order chi connectivity index (χ1) is 14.4. The summed E-state index contributed by atoms with van der Waals surface area (Å²) in [7, 11) is -1.69. The smallest absolute Gasteiger partial charge is 0.191 e. The van der Waals surface area contributed by atoms with E-state index in [0.29, 0.717) is 24.0 Å². The first-order valence-electron chi connectivity index (χ1n) is 10.1. The molecule has 1 atom stereocenters. The van der Waals surface area contributed by atoms with Crippen LogP contribution in [0.5, 0.6) is 11.5 Å². The number of benzene rings is 2. The van der Waals surface area contributed by atoms with Crippen molar-refractivity contribution in [2.45, 2.75) is 37.8 Å². The highest BCUT2D eigenvalue weighted by molar-refractivity contribution is 14.0. The lowest BCUT2D eigenvalue weighted by atomic mass is 10.1. The molecule has 31 heavy (non-hydrogen) atoms. The first-order valence-corrected chi connectivity index (χ1v) is 11.8. The second-order valence-electron chi connectivity index (χ2n) is 7.12. The van der Waals surface area contributed by atoms with Crippen LogP contribution in [-0.4, -0.2) is 46.4 Å². The van der Waals surface area contributed by atoms with Gasteiger partial charge in [0.2, 0.25) is 0 Å². The van der Waals surface area contributed by atoms with E-state index in [-0.39, 0.29) is 42.4 Å². The zero-order chi connectivity index (χ0) is 21.6. The topological polar surface area (TPSA) is 89.0 Å². The molecule has 0 aromatic heterocycles. The van der Waals surface area contributed by atoms with E-state index in [4.69, 9.17) is 9.47 Å². The molecule has 170 valence electrons. The highest BCUT2D eigenvalue weighted by atomic mass is 127. The Kier molecular flexibility index (Phi) is 9.42. The van der Waals surface area contributed by atoms with Crippen molar-refractivity contribution in [2.24, 2.45) is 4.99 Å². The van der Waals surface area contributed by atoms with Crippen LogP contribution in [0.4, 0.5) is 0 Å². The quantitative estimate of drug-likeness (QED) is 0.294. The average molecular weight is 559 g/mol. The molecule has 0 aliphatic carbocycles. The van der Waals surface area contributed by atoms with Gasteiger partial charge in [0.1, 0.15) is 17.6 Å². The van der Waals surface area contributed by atoms with E-state index in [1.54, 1.807) is 37.4 Å². The highest BCUT2D eigenvalue weighted by Crippen LogP contribution is 2.35. The Morgan fingerprint density at radius 1 is 1.23 bits per heavy atom. The second kappa shape index (κ2) is 11.6. The normalized spacial score (nSPS) is 15.5. The molecule has 0 saturated carbocycles. The summed E-state index contributed by atoms with van der Waals surface area (Å²) >= 11 is 0. The third-order valence-corrected chi connectivity index (χ3v) is 6.55. The fourth-order valence-electron chi connectivity index (χ4n) is 3.36. The van der Waals surface area contributed by atoms with Gasteiger partial charge in [0.25, 0.3) is 0 Å². The summed E-state index contributed by atoms with van der Waals surface area (Å²) in [6.07, 6.45) is 1.04. The number of guanidine groups is 1. The molecule has 1 aliphatic heterocycles. The molecule has 2 N–H and O–H groups in total. The zero-order valence-corrected chi connectivity index (χ0v) is 21.2. The molecule has 9 heteroatoms. The maximum Gasteiger partial charge on any atom is 0.191 e. The maximum atomic E-state index is 12.4. The van der Waals surface area contributed by atoms with Gasteiger partial charge in [-0.05, 0) is 38.1 Å². The molecule has 0 spiro atoms. The summed E-state index contributed by atoms with van der Waals surface area (Å²) in [6.45, 7) is 5.31. The summed E-state index contributed by atoms with van der Waals surface area (Å²) in [5.74, 6) is 2.21. The lowest BCUT2D eigenvalue weighted by Crippen LogP contribution is -2.39. The van der Waals surface area contributed by atoms with Gasteiger partial charge in [-0.3, -0.25) is 4.99 Å². The number of nitrogens with zero attached hydrogens (tertiary/aromatic N) is 1. The maximum absolute atomic E-state index is 12.4. The second-order valence-corrected chi connectivity index (χ2v) is 9.23. The van der Waals surface area contributed by atoms with Crippen molar-refractivity contribution in [1.29, 1.82) is 0 Å². The Morgan fingerprint density at radius 3 is 2.65 bits per heavy atom. The van der Waals surface area contributed by atoms with E-state index in [9.17, 15) is 8.42 Å². The SMILES string of the molecule is CCOc1cc2c(cc1CNC(=NC)NCCS(=O)(=O)c1ccccc1)OC(C)C2.I. The average Bonchev–Trinajstić information content (AvgIpc) is 3.10. The molecule has 3 rings (SSSR count). The number of fused-ring (bicyclic) bond motifs is 1. The summed E-state index contributed by atoms with van der Waals surface area (Å²) in [5.41, 5.74) is 2.12. The van der Waals surface area contributed by atoms with E-state index in [1.807, 2.05) is 26.0 Å². The summed E-state index contributed by atoms with van der Waals surface area (Å²) < 4.78 is 36.5. The van der Waals surface area contributed by atoms with Crippen molar-refractivity contribution in [3.05, 3.63) is 53.6 Å². The fourth-order valence-corrected chi connectivity index (χ4v) is 4.54. The van der Waals surface area contributed by atoms with Crippen LogP contribution < -0.4 is 20.1 Å². The fraction of sp³-hybridized carbons (Fsp3) is 0.409. The Morgan fingerprint density at radius 2 is 1.97 bits per heavy atom. The number of aliphatic imine (C=N–C) groups is 1. The van der Waals surface area contributed by atoms with E-state index >= 15 is 0 Å². The van der Waals surface area contributed by atoms with Crippen LogP contribution in [0.25, 0.3) is 0 Å². The largest absolute Gasteiger partial charge is 0.494 e. The van der Waals surface area contributed by atoms with Gasteiger partial charge in [-0.25, -0.2) is 8.42 Å². The van der Waals surface area contributed by atoms with Crippen LogP contribution in [0.1, 0.15) is 25.0 Å². The number of ether oxygens (including phenoxy) is 2. The van der Waals surface area contributed by atoms with Crippen molar-refractivity contribution in [2.75, 3.05) is 26.0 Å². The van der Waals surface area contributed by atoms with Crippen LogP contribution in [0.2, 0.25) is 0 Å². The summed E-state index contributed by atoms with van der Waals surface area (Å²) in [5, 5.41) is 6.29. The molecule has 0 saturated heterocycles. The molecular formula is C22H30IN3O4S. The number of sulfone groups is 1. The lowest BCUT2D eigenvalue weighted by molar-refractivity contribution is 0.254. The summed E-state index contributed by atoms with van der Waals surface area (Å²) in [4.78, 5) is 4.51. The molecule has 1 heterocycles. The molecule has 7 nitrogen and oxygen atoms in total. The number of nitrogens with one attached hydrogen (secondary N) is 2. The van der Waals surface area contributed by atoms with Crippen LogP contribution in [0.15, 0.2) is 52.4 Å². The van der Waals surface area contributed by atoms with Crippen molar-refractivity contribution < 1.29 is 17.9 Å². The molecule has 0 bridgehead atoms. The predicted molar refractivity (Wildman–Crippen MR) is 134 cm³/mol. The van der Waals surface area contributed by atoms with Gasteiger partial charge in [-0.2, -0.15) is 0 Å². The standard InChI is InChI=1S/C22H29N3O4S.HI/c1-4-28-20-13-17-12-16(2)29-21(17)14-18(20)15-25-22(23-3)24-10-11-30(26,27)19-8-6-5-7-9-19;/h5-9,13-14,16H,4,10-12,15H2,1-3H3,(H2,23,24,25);1H. The minimum absolute atomic E-state index is 0. The lowest BCUT2D eigenvalue weighted by Gasteiger charge is -2.16. The monoisotopic (exact) mass is 559 g/mol. The Labute approximate surface area is 201 Å².